The molecule has 0 radical (unpaired) electrons. The minimum absolute atomic E-state index is 0.137. The number of rotatable bonds is 4. The zero-order valence-electron chi connectivity index (χ0n) is 10.4. The van der Waals surface area contributed by atoms with Gasteiger partial charge < -0.3 is 9.64 Å². The van der Waals surface area contributed by atoms with E-state index in [-0.39, 0.29) is 17.2 Å². The van der Waals surface area contributed by atoms with E-state index in [1.807, 2.05) is 4.90 Å². The lowest BCUT2D eigenvalue weighted by atomic mass is 10.1. The highest BCUT2D eigenvalue weighted by atomic mass is 35.5. The molecule has 2 rings (SSSR count). The fourth-order valence-electron chi connectivity index (χ4n) is 2.07. The van der Waals surface area contributed by atoms with Gasteiger partial charge in [0.25, 0.3) is 0 Å². The van der Waals surface area contributed by atoms with Crippen LogP contribution in [0.4, 0.5) is 0 Å². The van der Waals surface area contributed by atoms with Crippen molar-refractivity contribution in [2.75, 3.05) is 19.8 Å². The van der Waals surface area contributed by atoms with Crippen molar-refractivity contribution in [1.29, 1.82) is 0 Å². The lowest BCUT2D eigenvalue weighted by Gasteiger charge is -2.35. The fourth-order valence-corrected chi connectivity index (χ4v) is 2.22. The maximum absolute atomic E-state index is 12.1. The third-order valence-electron chi connectivity index (χ3n) is 3.10. The third-order valence-corrected chi connectivity index (χ3v) is 3.27. The number of nitrogens with one attached hydrogen (secondary N) is 1. The number of halogens is 1. The molecule has 6 nitrogen and oxygen atoms in total. The van der Waals surface area contributed by atoms with Gasteiger partial charge in [-0.1, -0.05) is 6.92 Å². The highest BCUT2D eigenvalue weighted by Crippen LogP contribution is 2.12. The highest BCUT2D eigenvalue weighted by molar-refractivity contribution is 6.28. The first-order chi connectivity index (χ1) is 8.70. The largest absolute Gasteiger partial charge is 0.377 e. The highest BCUT2D eigenvalue weighted by Gasteiger charge is 2.25. The van der Waals surface area contributed by atoms with Crippen LogP contribution in [0, 0.1) is 0 Å². The maximum atomic E-state index is 12.1. The summed E-state index contributed by atoms with van der Waals surface area (Å²) in [4.78, 5) is 18.0. The van der Waals surface area contributed by atoms with Gasteiger partial charge in [-0.15, -0.1) is 5.10 Å². The summed E-state index contributed by atoms with van der Waals surface area (Å²) in [5.41, 5.74) is 0. The minimum Gasteiger partial charge on any atom is -0.377 e. The van der Waals surface area contributed by atoms with Crippen LogP contribution in [0.1, 0.15) is 25.6 Å². The predicted molar refractivity (Wildman–Crippen MR) is 66.3 cm³/mol. The number of aromatic nitrogens is 3. The first kappa shape index (κ1) is 13.3. The van der Waals surface area contributed by atoms with Gasteiger partial charge in [0.15, 0.2) is 0 Å². The average Bonchev–Trinajstić information content (AvgIpc) is 2.81. The van der Waals surface area contributed by atoms with Gasteiger partial charge in [0.05, 0.1) is 19.3 Å². The Morgan fingerprint density at radius 3 is 3.17 bits per heavy atom. The van der Waals surface area contributed by atoms with Crippen molar-refractivity contribution in [3.05, 3.63) is 11.1 Å². The first-order valence-corrected chi connectivity index (χ1v) is 6.52. The van der Waals surface area contributed by atoms with E-state index in [2.05, 4.69) is 22.1 Å². The second kappa shape index (κ2) is 6.15. The van der Waals surface area contributed by atoms with Gasteiger partial charge in [0.2, 0.25) is 11.2 Å². The standard InChI is InChI=1S/C11H17ClN4O2/c1-2-8-7-18-6-5-16(8)10(17)4-3-9-13-11(12)15-14-9/h8H,2-7H2,1H3,(H,13,14,15)/t8-/m0/s1. The van der Waals surface area contributed by atoms with E-state index in [4.69, 9.17) is 16.3 Å². The Morgan fingerprint density at radius 1 is 1.67 bits per heavy atom. The molecule has 7 heteroatoms. The van der Waals surface area contributed by atoms with Gasteiger partial charge in [-0.05, 0) is 18.0 Å². The van der Waals surface area contributed by atoms with E-state index in [0.29, 0.717) is 38.4 Å². The number of hydrogen-bond acceptors (Lipinski definition) is 4. The van der Waals surface area contributed by atoms with Crippen molar-refractivity contribution in [3.63, 3.8) is 0 Å². The SMILES string of the molecule is CC[C@H]1COCCN1C(=O)CCc1nc(Cl)n[nH]1. The molecule has 1 aromatic heterocycles. The van der Waals surface area contributed by atoms with Crippen LogP contribution in [0.2, 0.25) is 5.28 Å². The molecule has 1 atom stereocenters. The summed E-state index contributed by atoms with van der Waals surface area (Å²) in [7, 11) is 0. The van der Waals surface area contributed by atoms with Crippen LogP contribution in [-0.4, -0.2) is 51.8 Å². The molecule has 0 saturated carbocycles. The van der Waals surface area contributed by atoms with E-state index >= 15 is 0 Å². The average molecular weight is 273 g/mol. The molecule has 0 aromatic carbocycles. The van der Waals surface area contributed by atoms with Crippen molar-refractivity contribution < 1.29 is 9.53 Å². The van der Waals surface area contributed by atoms with Crippen LogP contribution >= 0.6 is 11.6 Å². The van der Waals surface area contributed by atoms with Crippen LogP contribution in [0.5, 0.6) is 0 Å². The number of aromatic amines is 1. The van der Waals surface area contributed by atoms with Crippen LogP contribution in [0.25, 0.3) is 0 Å². The Kier molecular flexibility index (Phi) is 4.54. The summed E-state index contributed by atoms with van der Waals surface area (Å²) in [5.74, 6) is 0.785. The molecule has 1 aliphatic rings. The van der Waals surface area contributed by atoms with Gasteiger partial charge in [-0.25, -0.2) is 4.98 Å². The summed E-state index contributed by atoms with van der Waals surface area (Å²) in [6.07, 6.45) is 1.87. The summed E-state index contributed by atoms with van der Waals surface area (Å²) >= 11 is 5.60. The molecular weight excluding hydrogens is 256 g/mol. The molecule has 2 heterocycles. The second-order valence-electron chi connectivity index (χ2n) is 4.28. The smallest absolute Gasteiger partial charge is 0.242 e. The van der Waals surface area contributed by atoms with Crippen molar-refractivity contribution >= 4 is 17.5 Å². The number of ether oxygens (including phenoxy) is 1. The fraction of sp³-hybridized carbons (Fsp3) is 0.727. The molecule has 18 heavy (non-hydrogen) atoms. The van der Waals surface area contributed by atoms with Crippen molar-refractivity contribution in [3.8, 4) is 0 Å². The summed E-state index contributed by atoms with van der Waals surface area (Å²) in [6.45, 7) is 4.00. The molecular formula is C11H17ClN4O2. The normalized spacial score (nSPS) is 20.1. The Bertz CT molecular complexity index is 410. The zero-order chi connectivity index (χ0) is 13.0. The van der Waals surface area contributed by atoms with Gasteiger partial charge in [-0.3, -0.25) is 9.89 Å². The molecule has 1 N–H and O–H groups in total. The number of aryl methyl sites for hydroxylation is 1. The molecule has 1 saturated heterocycles. The molecule has 1 amide bonds. The number of H-pyrrole nitrogens is 1. The van der Waals surface area contributed by atoms with Gasteiger partial charge in [-0.2, -0.15) is 0 Å². The molecule has 100 valence electrons. The molecule has 0 spiro atoms. The first-order valence-electron chi connectivity index (χ1n) is 6.14. The topological polar surface area (TPSA) is 71.1 Å². The van der Waals surface area contributed by atoms with E-state index in [1.54, 1.807) is 0 Å². The number of hydrogen-bond donors (Lipinski definition) is 1. The van der Waals surface area contributed by atoms with E-state index < -0.39 is 0 Å². The Hall–Kier alpha value is -1.14. The molecule has 0 aliphatic carbocycles. The number of nitrogens with zero attached hydrogens (tertiary/aromatic N) is 3. The van der Waals surface area contributed by atoms with Crippen molar-refractivity contribution in [1.82, 2.24) is 20.1 Å². The summed E-state index contributed by atoms with van der Waals surface area (Å²) < 4.78 is 5.38. The van der Waals surface area contributed by atoms with Crippen molar-refractivity contribution in [2.24, 2.45) is 0 Å². The summed E-state index contributed by atoms with van der Waals surface area (Å²) in [5, 5.41) is 6.61. The minimum atomic E-state index is 0.137. The molecule has 1 fully saturated rings. The number of carbonyl (C=O) groups excluding carboxylic acids is 1. The number of amides is 1. The molecule has 1 aliphatic heterocycles. The Morgan fingerprint density at radius 2 is 2.50 bits per heavy atom. The van der Waals surface area contributed by atoms with Gasteiger partial charge in [0, 0.05) is 19.4 Å². The van der Waals surface area contributed by atoms with Crippen LogP contribution in [0.3, 0.4) is 0 Å². The molecule has 1 aromatic rings. The summed E-state index contributed by atoms with van der Waals surface area (Å²) in [6, 6.07) is 0.199. The maximum Gasteiger partial charge on any atom is 0.242 e. The monoisotopic (exact) mass is 272 g/mol. The van der Waals surface area contributed by atoms with E-state index in [0.717, 1.165) is 6.42 Å². The Labute approximate surface area is 111 Å². The van der Waals surface area contributed by atoms with Crippen molar-refractivity contribution in [2.45, 2.75) is 32.2 Å². The lowest BCUT2D eigenvalue weighted by molar-refractivity contribution is -0.139. The van der Waals surface area contributed by atoms with Gasteiger partial charge in [0.1, 0.15) is 5.82 Å². The van der Waals surface area contributed by atoms with Crippen LogP contribution < -0.4 is 0 Å². The third kappa shape index (κ3) is 3.20. The van der Waals surface area contributed by atoms with Gasteiger partial charge >= 0.3 is 0 Å². The molecule has 0 bridgehead atoms. The van der Waals surface area contributed by atoms with Crippen LogP contribution in [-0.2, 0) is 16.0 Å². The zero-order valence-corrected chi connectivity index (χ0v) is 11.1. The number of carbonyl (C=O) groups is 1. The predicted octanol–water partition coefficient (Wildman–Crippen LogP) is 1.03. The lowest BCUT2D eigenvalue weighted by Crippen LogP contribution is -2.48. The quantitative estimate of drug-likeness (QED) is 0.889. The molecule has 0 unspecified atom stereocenters. The van der Waals surface area contributed by atoms with Crippen LogP contribution in [0.15, 0.2) is 0 Å². The van der Waals surface area contributed by atoms with E-state index in [9.17, 15) is 4.79 Å². The Balaban J connectivity index is 1.86. The number of morpholine rings is 1. The second-order valence-corrected chi connectivity index (χ2v) is 4.61. The van der Waals surface area contributed by atoms with E-state index in [1.165, 1.54) is 0 Å².